The lowest BCUT2D eigenvalue weighted by Gasteiger charge is -2.19. The number of hydrogen-bond acceptors (Lipinski definition) is 5. The Morgan fingerprint density at radius 1 is 1.21 bits per heavy atom. The molecule has 3 aromatic rings. The molecule has 2 heterocycles. The van der Waals surface area contributed by atoms with Gasteiger partial charge in [-0.1, -0.05) is 6.07 Å². The van der Waals surface area contributed by atoms with Crippen LogP contribution in [0.15, 0.2) is 41.8 Å². The summed E-state index contributed by atoms with van der Waals surface area (Å²) in [5.41, 5.74) is 2.57. The molecule has 2 amide bonds. The highest BCUT2D eigenvalue weighted by molar-refractivity contribution is 7.10. The number of hydrogen-bond donors (Lipinski definition) is 2. The van der Waals surface area contributed by atoms with Crippen LogP contribution < -0.4 is 20.1 Å². The molecule has 0 saturated carbocycles. The maximum atomic E-state index is 12.5. The van der Waals surface area contributed by atoms with Crippen LogP contribution in [0.1, 0.15) is 22.3 Å². The van der Waals surface area contributed by atoms with E-state index in [0.29, 0.717) is 23.7 Å². The van der Waals surface area contributed by atoms with Gasteiger partial charge in [0.2, 0.25) is 0 Å². The number of rotatable bonds is 7. The average Bonchev–Trinajstić information content (AvgIpc) is 3.32. The maximum absolute atomic E-state index is 12.5. The SMILES string of the molecule is COc1ccc(NC(=O)NCC(c2cccs2)n2nc(C)cc2C)c(OC)c1. The molecule has 148 valence electrons. The Hall–Kier alpha value is -3.00. The van der Waals surface area contributed by atoms with Crippen molar-refractivity contribution < 1.29 is 14.3 Å². The number of thiophene rings is 1. The van der Waals surface area contributed by atoms with Gasteiger partial charge >= 0.3 is 6.03 Å². The van der Waals surface area contributed by atoms with E-state index in [1.807, 2.05) is 36.0 Å². The molecule has 1 aromatic carbocycles. The van der Waals surface area contributed by atoms with Crippen molar-refractivity contribution >= 4 is 23.1 Å². The quantitative estimate of drug-likeness (QED) is 0.629. The molecule has 0 saturated heterocycles. The average molecular weight is 401 g/mol. The van der Waals surface area contributed by atoms with Gasteiger partial charge in [-0.05, 0) is 43.5 Å². The largest absolute Gasteiger partial charge is 0.497 e. The zero-order valence-electron chi connectivity index (χ0n) is 16.4. The van der Waals surface area contributed by atoms with E-state index >= 15 is 0 Å². The number of nitrogens with zero attached hydrogens (tertiary/aromatic N) is 2. The van der Waals surface area contributed by atoms with Crippen molar-refractivity contribution in [1.29, 1.82) is 0 Å². The van der Waals surface area contributed by atoms with Crippen molar-refractivity contribution in [3.63, 3.8) is 0 Å². The zero-order chi connectivity index (χ0) is 20.1. The lowest BCUT2D eigenvalue weighted by molar-refractivity contribution is 0.250. The number of carbonyl (C=O) groups excluding carboxylic acids is 1. The van der Waals surface area contributed by atoms with E-state index in [1.54, 1.807) is 43.8 Å². The van der Waals surface area contributed by atoms with Crippen molar-refractivity contribution in [2.45, 2.75) is 19.9 Å². The lowest BCUT2D eigenvalue weighted by Crippen LogP contribution is -2.35. The van der Waals surface area contributed by atoms with Crippen molar-refractivity contribution in [3.05, 3.63) is 58.0 Å². The summed E-state index contributed by atoms with van der Waals surface area (Å²) in [5, 5.41) is 12.4. The van der Waals surface area contributed by atoms with Gasteiger partial charge in [-0.2, -0.15) is 5.10 Å². The van der Waals surface area contributed by atoms with Crippen LogP contribution in [0.25, 0.3) is 0 Å². The minimum Gasteiger partial charge on any atom is -0.497 e. The molecule has 0 aliphatic heterocycles. The van der Waals surface area contributed by atoms with E-state index in [0.717, 1.165) is 16.3 Å². The van der Waals surface area contributed by atoms with E-state index in [4.69, 9.17) is 9.47 Å². The first-order chi connectivity index (χ1) is 13.5. The monoisotopic (exact) mass is 400 g/mol. The van der Waals surface area contributed by atoms with E-state index in [2.05, 4.69) is 21.8 Å². The number of aromatic nitrogens is 2. The first-order valence-electron chi connectivity index (χ1n) is 8.85. The molecule has 0 aliphatic rings. The molecule has 0 fully saturated rings. The molecule has 0 bridgehead atoms. The topological polar surface area (TPSA) is 77.4 Å². The van der Waals surface area contributed by atoms with Crippen LogP contribution in [0, 0.1) is 13.8 Å². The second-order valence-corrected chi connectivity index (χ2v) is 7.28. The predicted molar refractivity (Wildman–Crippen MR) is 111 cm³/mol. The summed E-state index contributed by atoms with van der Waals surface area (Å²) >= 11 is 1.64. The van der Waals surface area contributed by atoms with Gasteiger partial charge in [0, 0.05) is 23.2 Å². The fraction of sp³-hybridized carbons (Fsp3) is 0.300. The van der Waals surface area contributed by atoms with Gasteiger partial charge in [0.15, 0.2) is 0 Å². The van der Waals surface area contributed by atoms with Gasteiger partial charge in [0.25, 0.3) is 0 Å². The Labute approximate surface area is 168 Å². The van der Waals surface area contributed by atoms with Crippen LogP contribution in [-0.4, -0.2) is 36.6 Å². The van der Waals surface area contributed by atoms with Gasteiger partial charge in [0.05, 0.1) is 25.6 Å². The van der Waals surface area contributed by atoms with E-state index in [1.165, 1.54) is 0 Å². The molecule has 2 aromatic heterocycles. The second kappa shape index (κ2) is 8.79. The summed E-state index contributed by atoms with van der Waals surface area (Å²) < 4.78 is 12.5. The first kappa shape index (κ1) is 19.8. The standard InChI is InChI=1S/C20H24N4O3S/c1-13-10-14(2)24(23-13)17(19-6-5-9-28-19)12-21-20(25)22-16-8-7-15(26-3)11-18(16)27-4/h5-11,17H,12H2,1-4H3,(H2,21,22,25). The molecule has 1 unspecified atom stereocenters. The van der Waals surface area contributed by atoms with Crippen LogP contribution in [-0.2, 0) is 0 Å². The second-order valence-electron chi connectivity index (χ2n) is 6.30. The number of carbonyl (C=O) groups is 1. The highest BCUT2D eigenvalue weighted by Gasteiger charge is 2.19. The maximum Gasteiger partial charge on any atom is 0.319 e. The smallest absolute Gasteiger partial charge is 0.319 e. The van der Waals surface area contributed by atoms with E-state index in [9.17, 15) is 4.79 Å². The number of anilines is 1. The van der Waals surface area contributed by atoms with E-state index in [-0.39, 0.29) is 12.1 Å². The first-order valence-corrected chi connectivity index (χ1v) is 9.72. The van der Waals surface area contributed by atoms with E-state index < -0.39 is 0 Å². The molecular weight excluding hydrogens is 376 g/mol. The number of methoxy groups -OCH3 is 2. The molecule has 0 aliphatic carbocycles. The predicted octanol–water partition coefficient (Wildman–Crippen LogP) is 3.99. The third-order valence-electron chi connectivity index (χ3n) is 4.32. The fourth-order valence-corrected chi connectivity index (χ4v) is 3.82. The lowest BCUT2D eigenvalue weighted by atomic mass is 10.2. The summed E-state index contributed by atoms with van der Waals surface area (Å²) in [5.74, 6) is 1.19. The minimum absolute atomic E-state index is 0.0720. The molecule has 0 spiro atoms. The Bertz CT molecular complexity index is 937. The third kappa shape index (κ3) is 4.45. The highest BCUT2D eigenvalue weighted by atomic mass is 32.1. The number of benzene rings is 1. The molecule has 2 N–H and O–H groups in total. The number of urea groups is 1. The minimum atomic E-state index is -0.313. The van der Waals surface area contributed by atoms with Crippen molar-refractivity contribution in [1.82, 2.24) is 15.1 Å². The zero-order valence-corrected chi connectivity index (χ0v) is 17.2. The summed E-state index contributed by atoms with van der Waals surface area (Å²) in [6.07, 6.45) is 0. The Kier molecular flexibility index (Phi) is 6.20. The van der Waals surface area contributed by atoms with Gasteiger partial charge in [-0.15, -0.1) is 11.3 Å². The Morgan fingerprint density at radius 3 is 2.64 bits per heavy atom. The number of aryl methyl sites for hydroxylation is 2. The fourth-order valence-electron chi connectivity index (χ4n) is 3.01. The number of nitrogens with one attached hydrogen (secondary N) is 2. The van der Waals surface area contributed by atoms with Crippen LogP contribution in [0.3, 0.4) is 0 Å². The molecule has 1 atom stereocenters. The molecule has 3 rings (SSSR count). The van der Waals surface area contributed by atoms with Gasteiger partial charge in [0.1, 0.15) is 17.5 Å². The highest BCUT2D eigenvalue weighted by Crippen LogP contribution is 2.29. The van der Waals surface area contributed by atoms with Crippen molar-refractivity contribution in [2.75, 3.05) is 26.1 Å². The Balaban J connectivity index is 1.72. The van der Waals surface area contributed by atoms with Gasteiger partial charge < -0.3 is 20.1 Å². The van der Waals surface area contributed by atoms with Crippen LogP contribution in [0.4, 0.5) is 10.5 Å². The molecule has 0 radical (unpaired) electrons. The number of amides is 2. The van der Waals surface area contributed by atoms with Crippen LogP contribution in [0.5, 0.6) is 11.5 Å². The molecule has 8 heteroatoms. The summed E-state index contributed by atoms with van der Waals surface area (Å²) in [6.45, 7) is 4.39. The van der Waals surface area contributed by atoms with Crippen LogP contribution >= 0.6 is 11.3 Å². The summed E-state index contributed by atoms with van der Waals surface area (Å²) in [7, 11) is 3.13. The number of ether oxygens (including phenoxy) is 2. The molecular formula is C20H24N4O3S. The van der Waals surface area contributed by atoms with Crippen molar-refractivity contribution in [3.8, 4) is 11.5 Å². The molecule has 7 nitrogen and oxygen atoms in total. The van der Waals surface area contributed by atoms with Gasteiger partial charge in [-0.25, -0.2) is 4.79 Å². The van der Waals surface area contributed by atoms with Gasteiger partial charge in [-0.3, -0.25) is 4.68 Å². The Morgan fingerprint density at radius 2 is 2.04 bits per heavy atom. The third-order valence-corrected chi connectivity index (χ3v) is 5.30. The van der Waals surface area contributed by atoms with Crippen molar-refractivity contribution in [2.24, 2.45) is 0 Å². The van der Waals surface area contributed by atoms with Crippen LogP contribution in [0.2, 0.25) is 0 Å². The summed E-state index contributed by atoms with van der Waals surface area (Å²) in [6, 6.07) is 10.9. The molecule has 28 heavy (non-hydrogen) atoms. The summed E-state index contributed by atoms with van der Waals surface area (Å²) in [4.78, 5) is 13.6. The normalized spacial score (nSPS) is 11.7.